The van der Waals surface area contributed by atoms with Crippen LogP contribution in [0.2, 0.25) is 0 Å². The lowest BCUT2D eigenvalue weighted by Gasteiger charge is -2.43. The van der Waals surface area contributed by atoms with Crippen LogP contribution in [0.25, 0.3) is 0 Å². The van der Waals surface area contributed by atoms with Crippen LogP contribution in [0.5, 0.6) is 0 Å². The number of piperidine rings is 1. The highest BCUT2D eigenvalue weighted by atomic mass is 16.3. The normalized spacial score (nSPS) is 32.4. The van der Waals surface area contributed by atoms with Crippen LogP contribution in [0.4, 0.5) is 0 Å². The number of hydrogen-bond acceptors (Lipinski definition) is 3. The largest absolute Gasteiger partial charge is 0.396 e. The van der Waals surface area contributed by atoms with Gasteiger partial charge in [0, 0.05) is 18.6 Å². The fraction of sp³-hybridized carbons (Fsp3) is 1.00. The predicted molar refractivity (Wildman–Crippen MR) is 82.7 cm³/mol. The van der Waals surface area contributed by atoms with Gasteiger partial charge >= 0.3 is 0 Å². The van der Waals surface area contributed by atoms with Crippen molar-refractivity contribution in [1.82, 2.24) is 4.90 Å². The molecule has 0 spiro atoms. The smallest absolute Gasteiger partial charge is 0.0583 e. The maximum absolute atomic E-state index is 10.3. The molecule has 0 aromatic heterocycles. The van der Waals surface area contributed by atoms with Crippen LogP contribution in [0.15, 0.2) is 0 Å². The molecule has 1 aliphatic heterocycles. The summed E-state index contributed by atoms with van der Waals surface area (Å²) >= 11 is 0. The van der Waals surface area contributed by atoms with Gasteiger partial charge in [0.25, 0.3) is 0 Å². The Kier molecular flexibility index (Phi) is 7.32. The molecule has 20 heavy (non-hydrogen) atoms. The maximum Gasteiger partial charge on any atom is 0.0583 e. The van der Waals surface area contributed by atoms with E-state index in [2.05, 4.69) is 4.90 Å². The Morgan fingerprint density at radius 3 is 2.40 bits per heavy atom. The van der Waals surface area contributed by atoms with Crippen molar-refractivity contribution in [3.8, 4) is 0 Å². The third kappa shape index (κ3) is 4.71. The van der Waals surface area contributed by atoms with Gasteiger partial charge in [0.05, 0.1) is 6.10 Å². The first-order valence-electron chi connectivity index (χ1n) is 8.86. The topological polar surface area (TPSA) is 43.7 Å². The molecule has 3 unspecified atom stereocenters. The molecule has 1 aliphatic carbocycles. The lowest BCUT2D eigenvalue weighted by Crippen LogP contribution is -2.48. The van der Waals surface area contributed by atoms with E-state index in [9.17, 15) is 5.11 Å². The van der Waals surface area contributed by atoms with Crippen molar-refractivity contribution in [3.05, 3.63) is 0 Å². The molecule has 2 aliphatic rings. The van der Waals surface area contributed by atoms with Crippen molar-refractivity contribution >= 4 is 0 Å². The van der Waals surface area contributed by atoms with E-state index in [1.54, 1.807) is 0 Å². The molecule has 2 fully saturated rings. The van der Waals surface area contributed by atoms with Gasteiger partial charge in [0.2, 0.25) is 0 Å². The van der Waals surface area contributed by atoms with Crippen LogP contribution in [0.3, 0.4) is 0 Å². The number of hydrogen-bond donors (Lipinski definition) is 2. The lowest BCUT2D eigenvalue weighted by atomic mass is 9.78. The highest BCUT2D eigenvalue weighted by molar-refractivity contribution is 4.88. The second kappa shape index (κ2) is 9.01. The summed E-state index contributed by atoms with van der Waals surface area (Å²) in [5.41, 5.74) is 0. The SMILES string of the molecule is OCCCCCCN1CCCCC1C1CCCCC1O. The van der Waals surface area contributed by atoms with E-state index in [-0.39, 0.29) is 6.10 Å². The predicted octanol–water partition coefficient (Wildman–Crippen LogP) is 2.94. The fourth-order valence-corrected chi connectivity index (χ4v) is 4.15. The summed E-state index contributed by atoms with van der Waals surface area (Å²) in [6.07, 6.45) is 13.3. The summed E-state index contributed by atoms with van der Waals surface area (Å²) in [5, 5.41) is 19.1. The first-order valence-corrected chi connectivity index (χ1v) is 8.86. The molecule has 0 aromatic rings. The molecule has 2 rings (SSSR count). The van der Waals surface area contributed by atoms with E-state index >= 15 is 0 Å². The van der Waals surface area contributed by atoms with Gasteiger partial charge in [-0.15, -0.1) is 0 Å². The fourth-order valence-electron chi connectivity index (χ4n) is 4.15. The lowest BCUT2D eigenvalue weighted by molar-refractivity contribution is -0.00603. The third-order valence-electron chi connectivity index (χ3n) is 5.29. The van der Waals surface area contributed by atoms with Crippen LogP contribution in [0, 0.1) is 5.92 Å². The Labute approximate surface area is 124 Å². The molecule has 3 nitrogen and oxygen atoms in total. The summed E-state index contributed by atoms with van der Waals surface area (Å²) in [4.78, 5) is 2.67. The Hall–Kier alpha value is -0.120. The van der Waals surface area contributed by atoms with Crippen molar-refractivity contribution < 1.29 is 10.2 Å². The summed E-state index contributed by atoms with van der Waals surface area (Å²) in [6.45, 7) is 2.76. The summed E-state index contributed by atoms with van der Waals surface area (Å²) in [6, 6.07) is 0.636. The third-order valence-corrected chi connectivity index (χ3v) is 5.29. The van der Waals surface area contributed by atoms with E-state index in [1.165, 1.54) is 64.5 Å². The number of nitrogens with zero attached hydrogens (tertiary/aromatic N) is 1. The van der Waals surface area contributed by atoms with Gasteiger partial charge in [-0.05, 0) is 51.6 Å². The summed E-state index contributed by atoms with van der Waals surface area (Å²) < 4.78 is 0. The van der Waals surface area contributed by atoms with Gasteiger partial charge in [-0.25, -0.2) is 0 Å². The van der Waals surface area contributed by atoms with Gasteiger partial charge < -0.3 is 15.1 Å². The molecule has 3 atom stereocenters. The molecule has 0 amide bonds. The number of aliphatic hydroxyl groups excluding tert-OH is 2. The van der Waals surface area contributed by atoms with Gasteiger partial charge in [0.15, 0.2) is 0 Å². The molecule has 0 radical (unpaired) electrons. The highest BCUT2D eigenvalue weighted by Crippen LogP contribution is 2.34. The van der Waals surface area contributed by atoms with Gasteiger partial charge in [-0.1, -0.05) is 32.1 Å². The minimum Gasteiger partial charge on any atom is -0.396 e. The minimum absolute atomic E-state index is 0.0521. The van der Waals surface area contributed by atoms with Gasteiger partial charge in [0.1, 0.15) is 0 Å². The van der Waals surface area contributed by atoms with Crippen molar-refractivity contribution in [1.29, 1.82) is 0 Å². The van der Waals surface area contributed by atoms with E-state index in [4.69, 9.17) is 5.11 Å². The minimum atomic E-state index is -0.0521. The van der Waals surface area contributed by atoms with Crippen LogP contribution >= 0.6 is 0 Å². The Morgan fingerprint density at radius 1 is 0.850 bits per heavy atom. The standard InChI is InChI=1S/C17H33NO2/c19-14-8-2-1-6-12-18-13-7-5-10-16(18)15-9-3-4-11-17(15)20/h15-17,19-20H,1-14H2. The van der Waals surface area contributed by atoms with Gasteiger partial charge in [-0.3, -0.25) is 0 Å². The van der Waals surface area contributed by atoms with E-state index < -0.39 is 0 Å². The average molecular weight is 283 g/mol. The van der Waals surface area contributed by atoms with E-state index in [1.807, 2.05) is 0 Å². The quantitative estimate of drug-likeness (QED) is 0.706. The molecule has 2 N–H and O–H groups in total. The number of unbranched alkanes of at least 4 members (excludes halogenated alkanes) is 3. The number of aliphatic hydroxyl groups is 2. The molecule has 0 aromatic carbocycles. The zero-order valence-corrected chi connectivity index (χ0v) is 13.0. The van der Waals surface area contributed by atoms with Crippen molar-refractivity contribution in [2.45, 2.75) is 82.8 Å². The van der Waals surface area contributed by atoms with Crippen LogP contribution in [-0.4, -0.2) is 47.0 Å². The Bertz CT molecular complexity index is 259. The zero-order valence-electron chi connectivity index (χ0n) is 13.0. The van der Waals surface area contributed by atoms with Crippen molar-refractivity contribution in [3.63, 3.8) is 0 Å². The highest BCUT2D eigenvalue weighted by Gasteiger charge is 2.35. The Balaban J connectivity index is 1.78. The molecule has 1 saturated carbocycles. The molecular formula is C17H33NO2. The summed E-state index contributed by atoms with van der Waals surface area (Å²) in [7, 11) is 0. The van der Waals surface area contributed by atoms with Crippen LogP contribution in [0.1, 0.15) is 70.6 Å². The molecule has 1 saturated heterocycles. The molecule has 1 heterocycles. The van der Waals surface area contributed by atoms with Crippen LogP contribution in [-0.2, 0) is 0 Å². The maximum atomic E-state index is 10.3. The first kappa shape index (κ1) is 16.3. The summed E-state index contributed by atoms with van der Waals surface area (Å²) in [5.74, 6) is 0.529. The average Bonchev–Trinajstić information content (AvgIpc) is 2.48. The molecule has 3 heteroatoms. The first-order chi connectivity index (χ1) is 9.83. The van der Waals surface area contributed by atoms with E-state index in [0.29, 0.717) is 18.6 Å². The number of rotatable bonds is 7. The molecule has 0 bridgehead atoms. The van der Waals surface area contributed by atoms with Crippen LogP contribution < -0.4 is 0 Å². The monoisotopic (exact) mass is 283 g/mol. The second-order valence-corrected chi connectivity index (χ2v) is 6.75. The zero-order chi connectivity index (χ0) is 14.2. The van der Waals surface area contributed by atoms with Crippen molar-refractivity contribution in [2.75, 3.05) is 19.7 Å². The van der Waals surface area contributed by atoms with Gasteiger partial charge in [-0.2, -0.15) is 0 Å². The van der Waals surface area contributed by atoms with E-state index in [0.717, 1.165) is 19.3 Å². The number of likely N-dealkylation sites (tertiary alicyclic amines) is 1. The second-order valence-electron chi connectivity index (χ2n) is 6.75. The Morgan fingerprint density at radius 2 is 1.60 bits per heavy atom. The molecule has 118 valence electrons. The van der Waals surface area contributed by atoms with Crippen molar-refractivity contribution in [2.24, 2.45) is 5.92 Å². The molecular weight excluding hydrogens is 250 g/mol.